The molecule has 0 aromatic rings. The second-order valence-electron chi connectivity index (χ2n) is 6.72. The monoisotopic (exact) mass is 295 g/mol. The van der Waals surface area contributed by atoms with E-state index in [0.29, 0.717) is 6.42 Å². The summed E-state index contributed by atoms with van der Waals surface area (Å²) in [6, 6.07) is -0.00610. The highest BCUT2D eigenvalue weighted by Gasteiger charge is 2.30. The molecule has 2 fully saturated rings. The van der Waals surface area contributed by atoms with Crippen LogP contribution in [-0.2, 0) is 9.59 Å². The molecule has 1 aliphatic heterocycles. The van der Waals surface area contributed by atoms with Crippen LogP contribution in [0.2, 0.25) is 0 Å². The zero-order valence-corrected chi connectivity index (χ0v) is 13.3. The third-order valence-corrected chi connectivity index (χ3v) is 5.00. The highest BCUT2D eigenvalue weighted by Crippen LogP contribution is 2.26. The Morgan fingerprint density at radius 1 is 1.24 bits per heavy atom. The van der Waals surface area contributed by atoms with E-state index in [1.807, 2.05) is 4.90 Å². The molecule has 1 saturated carbocycles. The molecule has 21 heavy (non-hydrogen) atoms. The van der Waals surface area contributed by atoms with Gasteiger partial charge in [-0.2, -0.15) is 0 Å². The number of hydrogen-bond acceptors (Lipinski definition) is 3. The summed E-state index contributed by atoms with van der Waals surface area (Å²) in [6.45, 7) is 4.69. The third kappa shape index (κ3) is 4.19. The molecule has 5 nitrogen and oxygen atoms in total. The van der Waals surface area contributed by atoms with E-state index >= 15 is 0 Å². The molecule has 0 bridgehead atoms. The molecule has 5 heteroatoms. The molecule has 0 spiro atoms. The molecule has 1 heterocycles. The van der Waals surface area contributed by atoms with Crippen LogP contribution >= 0.6 is 0 Å². The predicted molar refractivity (Wildman–Crippen MR) is 82.6 cm³/mol. The summed E-state index contributed by atoms with van der Waals surface area (Å²) in [4.78, 5) is 26.4. The van der Waals surface area contributed by atoms with Crippen LogP contribution in [0.4, 0.5) is 0 Å². The van der Waals surface area contributed by atoms with Gasteiger partial charge in [-0.25, -0.2) is 0 Å². The Morgan fingerprint density at radius 3 is 2.62 bits per heavy atom. The fourth-order valence-electron chi connectivity index (χ4n) is 3.59. The summed E-state index contributed by atoms with van der Waals surface area (Å²) in [6.07, 6.45) is 6.91. The van der Waals surface area contributed by atoms with Gasteiger partial charge < -0.3 is 16.0 Å². The fourth-order valence-corrected chi connectivity index (χ4v) is 3.59. The molecule has 120 valence electrons. The Bertz CT molecular complexity index is 386. The smallest absolute Gasteiger partial charge is 0.245 e. The maximum atomic E-state index is 12.4. The molecule has 1 aliphatic carbocycles. The summed E-state index contributed by atoms with van der Waals surface area (Å²) in [5.74, 6) is 0.287. The van der Waals surface area contributed by atoms with Crippen LogP contribution in [0.3, 0.4) is 0 Å². The Labute approximate surface area is 127 Å². The minimum Gasteiger partial charge on any atom is -0.345 e. The van der Waals surface area contributed by atoms with Crippen LogP contribution in [0, 0.1) is 5.92 Å². The maximum Gasteiger partial charge on any atom is 0.245 e. The highest BCUT2D eigenvalue weighted by molar-refractivity contribution is 5.87. The lowest BCUT2D eigenvalue weighted by molar-refractivity contribution is -0.139. The lowest BCUT2D eigenvalue weighted by atomic mass is 9.99. The average molecular weight is 295 g/mol. The molecule has 2 aliphatic rings. The van der Waals surface area contributed by atoms with Gasteiger partial charge in [0.25, 0.3) is 0 Å². The van der Waals surface area contributed by atoms with Crippen LogP contribution in [-0.4, -0.2) is 41.4 Å². The number of likely N-dealkylation sites (tertiary alicyclic amines) is 1. The Hall–Kier alpha value is -1.10. The minimum absolute atomic E-state index is 0.0390. The highest BCUT2D eigenvalue weighted by atomic mass is 16.2. The lowest BCUT2D eigenvalue weighted by Crippen LogP contribution is -2.51. The Kier molecular flexibility index (Phi) is 5.62. The number of carbonyl (C=O) groups excluding carboxylic acids is 2. The molecule has 1 saturated heterocycles. The normalized spacial score (nSPS) is 31.0. The standard InChI is InChI=1S/C16H29N3O2/c1-11-6-3-4-9-19(11)16(21)12(2)18-15(20)10-13-7-5-8-14(13)17/h11-14H,3-10,17H2,1-2H3,(H,18,20)/t11?,12?,13-,14+/m0/s1. The number of carbonyl (C=O) groups is 2. The first-order chi connectivity index (χ1) is 9.99. The first-order valence-corrected chi connectivity index (χ1v) is 8.34. The summed E-state index contributed by atoms with van der Waals surface area (Å²) < 4.78 is 0. The van der Waals surface area contributed by atoms with Gasteiger partial charge >= 0.3 is 0 Å². The SMILES string of the molecule is CC(NC(=O)C[C@@H]1CCC[C@H]1N)C(=O)N1CCCCC1C. The third-order valence-electron chi connectivity index (χ3n) is 5.00. The molecule has 3 N–H and O–H groups in total. The van der Waals surface area contributed by atoms with E-state index in [4.69, 9.17) is 5.73 Å². The van der Waals surface area contributed by atoms with E-state index in [9.17, 15) is 9.59 Å². The average Bonchev–Trinajstić information content (AvgIpc) is 2.84. The maximum absolute atomic E-state index is 12.4. The van der Waals surface area contributed by atoms with Gasteiger partial charge in [0, 0.05) is 25.0 Å². The number of nitrogens with zero attached hydrogens (tertiary/aromatic N) is 1. The van der Waals surface area contributed by atoms with Crippen molar-refractivity contribution in [3.05, 3.63) is 0 Å². The van der Waals surface area contributed by atoms with Crippen LogP contribution in [0.5, 0.6) is 0 Å². The van der Waals surface area contributed by atoms with Crippen LogP contribution in [0.1, 0.15) is 58.8 Å². The fraction of sp³-hybridized carbons (Fsp3) is 0.875. The zero-order valence-electron chi connectivity index (χ0n) is 13.3. The van der Waals surface area contributed by atoms with E-state index in [1.165, 1.54) is 6.42 Å². The lowest BCUT2D eigenvalue weighted by Gasteiger charge is -2.35. The summed E-state index contributed by atoms with van der Waals surface area (Å²) in [5, 5.41) is 2.86. The van der Waals surface area contributed by atoms with Crippen molar-refractivity contribution >= 4 is 11.8 Å². The largest absolute Gasteiger partial charge is 0.345 e. The van der Waals surface area contributed by atoms with Crippen molar-refractivity contribution in [2.24, 2.45) is 11.7 Å². The van der Waals surface area contributed by atoms with Gasteiger partial charge in [0.1, 0.15) is 6.04 Å². The zero-order chi connectivity index (χ0) is 15.4. The van der Waals surface area contributed by atoms with E-state index in [2.05, 4.69) is 12.2 Å². The number of nitrogens with one attached hydrogen (secondary N) is 1. The van der Waals surface area contributed by atoms with E-state index in [0.717, 1.165) is 38.6 Å². The van der Waals surface area contributed by atoms with E-state index in [1.54, 1.807) is 6.92 Å². The topological polar surface area (TPSA) is 75.4 Å². The van der Waals surface area contributed by atoms with Gasteiger partial charge in [0.2, 0.25) is 11.8 Å². The predicted octanol–water partition coefficient (Wildman–Crippen LogP) is 1.41. The second kappa shape index (κ2) is 7.25. The molecule has 2 amide bonds. The van der Waals surface area contributed by atoms with Crippen LogP contribution in [0.25, 0.3) is 0 Å². The Morgan fingerprint density at radius 2 is 2.00 bits per heavy atom. The molecule has 0 aromatic heterocycles. The minimum atomic E-state index is -0.435. The van der Waals surface area contributed by atoms with Gasteiger partial charge in [-0.1, -0.05) is 6.42 Å². The second-order valence-corrected chi connectivity index (χ2v) is 6.72. The first kappa shape index (κ1) is 16.3. The van der Waals surface area contributed by atoms with Crippen molar-refractivity contribution in [1.82, 2.24) is 10.2 Å². The Balaban J connectivity index is 1.81. The first-order valence-electron chi connectivity index (χ1n) is 8.34. The van der Waals surface area contributed by atoms with Crippen molar-refractivity contribution in [1.29, 1.82) is 0 Å². The number of piperidine rings is 1. The molecule has 0 radical (unpaired) electrons. The molecule has 0 aromatic carbocycles. The summed E-state index contributed by atoms with van der Waals surface area (Å²) in [5.41, 5.74) is 6.00. The number of hydrogen-bond donors (Lipinski definition) is 2. The number of rotatable bonds is 4. The van der Waals surface area contributed by atoms with Crippen molar-refractivity contribution in [2.75, 3.05) is 6.54 Å². The molecule has 4 atom stereocenters. The summed E-state index contributed by atoms with van der Waals surface area (Å²) in [7, 11) is 0. The molecular weight excluding hydrogens is 266 g/mol. The summed E-state index contributed by atoms with van der Waals surface area (Å²) >= 11 is 0. The van der Waals surface area contributed by atoms with Gasteiger partial charge in [0.05, 0.1) is 0 Å². The van der Waals surface area contributed by atoms with Crippen molar-refractivity contribution in [2.45, 2.75) is 76.9 Å². The van der Waals surface area contributed by atoms with Crippen molar-refractivity contribution in [3.63, 3.8) is 0 Å². The van der Waals surface area contributed by atoms with Crippen molar-refractivity contribution < 1.29 is 9.59 Å². The van der Waals surface area contributed by atoms with Gasteiger partial charge in [-0.15, -0.1) is 0 Å². The molecule has 2 rings (SSSR count). The van der Waals surface area contributed by atoms with Gasteiger partial charge in [-0.3, -0.25) is 9.59 Å². The van der Waals surface area contributed by atoms with Gasteiger partial charge in [-0.05, 0) is 51.9 Å². The van der Waals surface area contributed by atoms with Gasteiger partial charge in [0.15, 0.2) is 0 Å². The molecule has 2 unspecified atom stereocenters. The quantitative estimate of drug-likeness (QED) is 0.823. The molecular formula is C16H29N3O2. The van der Waals surface area contributed by atoms with E-state index < -0.39 is 6.04 Å². The number of amides is 2. The van der Waals surface area contributed by atoms with Crippen LogP contribution in [0.15, 0.2) is 0 Å². The van der Waals surface area contributed by atoms with E-state index in [-0.39, 0.29) is 29.8 Å². The van der Waals surface area contributed by atoms with Crippen LogP contribution < -0.4 is 11.1 Å². The number of nitrogens with two attached hydrogens (primary N) is 1. The van der Waals surface area contributed by atoms with Crippen molar-refractivity contribution in [3.8, 4) is 0 Å².